The van der Waals surface area contributed by atoms with Gasteiger partial charge in [-0.1, -0.05) is 6.92 Å². The molecule has 0 aliphatic carbocycles. The lowest BCUT2D eigenvalue weighted by atomic mass is 10.0. The summed E-state index contributed by atoms with van der Waals surface area (Å²) in [7, 11) is 3.59. The number of hydrogen-bond donors (Lipinski definition) is 1. The molecule has 0 aromatic heterocycles. The van der Waals surface area contributed by atoms with E-state index in [0.717, 1.165) is 22.6 Å². The number of carboxylic acids is 1. The first-order valence-electron chi connectivity index (χ1n) is 6.49. The van der Waals surface area contributed by atoms with E-state index in [9.17, 15) is 4.79 Å². The monoisotopic (exact) mass is 265 g/mol. The second-order valence-corrected chi connectivity index (χ2v) is 4.93. The van der Waals surface area contributed by atoms with E-state index in [1.807, 2.05) is 44.9 Å². The molecule has 19 heavy (non-hydrogen) atoms. The van der Waals surface area contributed by atoms with Gasteiger partial charge in [-0.05, 0) is 43.5 Å². The summed E-state index contributed by atoms with van der Waals surface area (Å²) in [4.78, 5) is 13.1. The molecule has 0 spiro atoms. The van der Waals surface area contributed by atoms with Gasteiger partial charge in [0, 0.05) is 19.3 Å². The predicted octanol–water partition coefficient (Wildman–Crippen LogP) is 2.86. The zero-order valence-electron chi connectivity index (χ0n) is 12.4. The molecule has 4 nitrogen and oxygen atoms in total. The number of carbonyl (C=O) groups is 1. The zero-order valence-corrected chi connectivity index (χ0v) is 12.4. The van der Waals surface area contributed by atoms with Gasteiger partial charge in [0.1, 0.15) is 5.75 Å². The van der Waals surface area contributed by atoms with Gasteiger partial charge < -0.3 is 14.7 Å². The minimum absolute atomic E-state index is 0.341. The lowest BCUT2D eigenvalue weighted by Crippen LogP contribution is -2.30. The predicted molar refractivity (Wildman–Crippen MR) is 77.2 cm³/mol. The molecular weight excluding hydrogens is 242 g/mol. The number of aryl methyl sites for hydroxylation is 2. The van der Waals surface area contributed by atoms with Gasteiger partial charge in [-0.3, -0.25) is 4.79 Å². The van der Waals surface area contributed by atoms with E-state index in [1.165, 1.54) is 0 Å². The third-order valence-electron chi connectivity index (χ3n) is 3.46. The van der Waals surface area contributed by atoms with E-state index in [-0.39, 0.29) is 5.92 Å². The van der Waals surface area contributed by atoms with Crippen LogP contribution in [0.5, 0.6) is 5.75 Å². The number of carboxylic acid groups (broad SMARTS) is 1. The van der Waals surface area contributed by atoms with E-state index in [1.54, 1.807) is 7.11 Å². The average molecular weight is 265 g/mol. The number of ether oxygens (including phenoxy) is 1. The second-order valence-electron chi connectivity index (χ2n) is 4.93. The molecule has 0 bridgehead atoms. The Morgan fingerprint density at radius 1 is 1.37 bits per heavy atom. The van der Waals surface area contributed by atoms with Gasteiger partial charge in [-0.25, -0.2) is 0 Å². The van der Waals surface area contributed by atoms with E-state index in [0.29, 0.717) is 13.0 Å². The number of rotatable bonds is 6. The molecule has 0 saturated heterocycles. The maximum absolute atomic E-state index is 11.1. The third-order valence-corrected chi connectivity index (χ3v) is 3.46. The van der Waals surface area contributed by atoms with Crippen LogP contribution in [0, 0.1) is 19.8 Å². The van der Waals surface area contributed by atoms with Gasteiger partial charge in [0.25, 0.3) is 0 Å². The molecule has 0 radical (unpaired) electrons. The highest BCUT2D eigenvalue weighted by Gasteiger charge is 2.18. The number of benzene rings is 1. The number of nitrogens with zero attached hydrogens (tertiary/aromatic N) is 1. The molecule has 0 aliphatic rings. The standard InChI is InChI=1S/C15H23NO3/c1-6-12(15(17)18)9-16(4)13-7-11(3)14(19-5)8-10(13)2/h7-8,12H,6,9H2,1-5H3,(H,17,18). The van der Waals surface area contributed by atoms with Crippen LogP contribution in [0.2, 0.25) is 0 Å². The normalized spacial score (nSPS) is 12.1. The molecule has 4 heteroatoms. The molecule has 0 amide bonds. The lowest BCUT2D eigenvalue weighted by molar-refractivity contribution is -0.141. The summed E-state index contributed by atoms with van der Waals surface area (Å²) in [6.45, 7) is 6.41. The molecule has 1 rings (SSSR count). The number of aliphatic carboxylic acids is 1. The van der Waals surface area contributed by atoms with Crippen LogP contribution < -0.4 is 9.64 Å². The Kier molecular flexibility index (Phi) is 5.21. The molecule has 0 fully saturated rings. The fraction of sp³-hybridized carbons (Fsp3) is 0.533. The molecule has 106 valence electrons. The summed E-state index contributed by atoms with van der Waals surface area (Å²) >= 11 is 0. The van der Waals surface area contributed by atoms with Crippen LogP contribution in [-0.2, 0) is 4.79 Å². The van der Waals surface area contributed by atoms with E-state index < -0.39 is 5.97 Å². The Morgan fingerprint density at radius 2 is 2.00 bits per heavy atom. The summed E-state index contributed by atoms with van der Waals surface area (Å²) < 4.78 is 5.29. The van der Waals surface area contributed by atoms with Crippen LogP contribution in [0.15, 0.2) is 12.1 Å². The van der Waals surface area contributed by atoms with Crippen molar-refractivity contribution in [3.8, 4) is 5.75 Å². The van der Waals surface area contributed by atoms with Crippen molar-refractivity contribution in [3.63, 3.8) is 0 Å². The number of hydrogen-bond acceptors (Lipinski definition) is 3. The highest BCUT2D eigenvalue weighted by Crippen LogP contribution is 2.28. The van der Waals surface area contributed by atoms with Crippen LogP contribution in [0.25, 0.3) is 0 Å². The molecule has 1 atom stereocenters. The SMILES string of the molecule is CCC(CN(C)c1cc(C)c(OC)cc1C)C(=O)O. The van der Waals surface area contributed by atoms with Crippen molar-refractivity contribution in [1.29, 1.82) is 0 Å². The van der Waals surface area contributed by atoms with Gasteiger partial charge in [0.15, 0.2) is 0 Å². The summed E-state index contributed by atoms with van der Waals surface area (Å²) in [5.41, 5.74) is 3.20. The van der Waals surface area contributed by atoms with Gasteiger partial charge in [0.2, 0.25) is 0 Å². The fourth-order valence-electron chi connectivity index (χ4n) is 2.22. The fourth-order valence-corrected chi connectivity index (χ4v) is 2.22. The lowest BCUT2D eigenvalue weighted by Gasteiger charge is -2.25. The van der Waals surface area contributed by atoms with Crippen LogP contribution in [0.3, 0.4) is 0 Å². The average Bonchev–Trinajstić information content (AvgIpc) is 2.37. The summed E-state index contributed by atoms with van der Waals surface area (Å²) in [6, 6.07) is 4.03. The van der Waals surface area contributed by atoms with Gasteiger partial charge in [-0.2, -0.15) is 0 Å². The minimum atomic E-state index is -0.739. The molecule has 1 unspecified atom stereocenters. The van der Waals surface area contributed by atoms with Crippen LogP contribution in [0.4, 0.5) is 5.69 Å². The van der Waals surface area contributed by atoms with Crippen molar-refractivity contribution < 1.29 is 14.6 Å². The quantitative estimate of drug-likeness (QED) is 0.859. The minimum Gasteiger partial charge on any atom is -0.496 e. The van der Waals surface area contributed by atoms with E-state index in [2.05, 4.69) is 0 Å². The van der Waals surface area contributed by atoms with E-state index in [4.69, 9.17) is 9.84 Å². The van der Waals surface area contributed by atoms with Crippen molar-refractivity contribution in [3.05, 3.63) is 23.3 Å². The number of methoxy groups -OCH3 is 1. The highest BCUT2D eigenvalue weighted by atomic mass is 16.5. The first-order chi connectivity index (χ1) is 8.90. The molecule has 0 saturated carbocycles. The van der Waals surface area contributed by atoms with Gasteiger partial charge in [-0.15, -0.1) is 0 Å². The Hall–Kier alpha value is -1.71. The van der Waals surface area contributed by atoms with Crippen molar-refractivity contribution >= 4 is 11.7 Å². The smallest absolute Gasteiger partial charge is 0.308 e. The Labute approximate surface area is 115 Å². The molecular formula is C15H23NO3. The van der Waals surface area contributed by atoms with Gasteiger partial charge >= 0.3 is 5.97 Å². The zero-order chi connectivity index (χ0) is 14.6. The summed E-state index contributed by atoms with van der Waals surface area (Å²) in [5, 5.41) is 9.13. The van der Waals surface area contributed by atoms with Crippen molar-refractivity contribution in [1.82, 2.24) is 0 Å². The van der Waals surface area contributed by atoms with Crippen molar-refractivity contribution in [2.45, 2.75) is 27.2 Å². The Morgan fingerprint density at radius 3 is 2.47 bits per heavy atom. The second kappa shape index (κ2) is 6.45. The Balaban J connectivity index is 2.96. The van der Waals surface area contributed by atoms with Crippen molar-refractivity contribution in [2.75, 3.05) is 25.6 Å². The molecule has 1 aromatic rings. The van der Waals surface area contributed by atoms with Gasteiger partial charge in [0.05, 0.1) is 13.0 Å². The topological polar surface area (TPSA) is 49.8 Å². The largest absolute Gasteiger partial charge is 0.496 e. The first kappa shape index (κ1) is 15.3. The number of anilines is 1. The van der Waals surface area contributed by atoms with Crippen LogP contribution in [0.1, 0.15) is 24.5 Å². The van der Waals surface area contributed by atoms with Crippen LogP contribution >= 0.6 is 0 Å². The molecule has 0 aliphatic heterocycles. The Bertz CT molecular complexity index is 457. The molecule has 1 aromatic carbocycles. The summed E-state index contributed by atoms with van der Waals surface area (Å²) in [5.74, 6) is -0.219. The third kappa shape index (κ3) is 3.63. The summed E-state index contributed by atoms with van der Waals surface area (Å²) in [6.07, 6.45) is 0.633. The first-order valence-corrected chi connectivity index (χ1v) is 6.49. The maximum atomic E-state index is 11.1. The maximum Gasteiger partial charge on any atom is 0.308 e. The van der Waals surface area contributed by atoms with Crippen LogP contribution in [-0.4, -0.2) is 31.8 Å². The van der Waals surface area contributed by atoms with Crippen molar-refractivity contribution in [2.24, 2.45) is 5.92 Å². The van der Waals surface area contributed by atoms with E-state index >= 15 is 0 Å². The molecule has 0 heterocycles. The molecule has 1 N–H and O–H groups in total. The highest BCUT2D eigenvalue weighted by molar-refractivity contribution is 5.71.